The van der Waals surface area contributed by atoms with Crippen molar-refractivity contribution in [1.82, 2.24) is 15.0 Å². The van der Waals surface area contributed by atoms with Crippen molar-refractivity contribution in [2.45, 2.75) is 71.8 Å². The van der Waals surface area contributed by atoms with Gasteiger partial charge in [-0.3, -0.25) is 29.3 Å². The Labute approximate surface area is 337 Å². The average Bonchev–Trinajstić information content (AvgIpc) is 3.94. The van der Waals surface area contributed by atoms with E-state index in [0.29, 0.717) is 50.6 Å². The molecule has 6 aromatic rings. The molecule has 0 saturated carbocycles. The van der Waals surface area contributed by atoms with Crippen LogP contribution in [0.15, 0.2) is 128 Å². The minimum atomic E-state index is 0.0891. The highest BCUT2D eigenvalue weighted by Gasteiger charge is 2.25. The Kier molecular flexibility index (Phi) is 12.8. The van der Waals surface area contributed by atoms with Crippen molar-refractivity contribution in [3.05, 3.63) is 178 Å². The number of Topliss-reactive ketones (excluding diaryl/α,β-unsaturated/α-hetero) is 3. The van der Waals surface area contributed by atoms with E-state index in [0.717, 1.165) is 22.3 Å². The standard InChI is InChI=1S/2C16H16BNO.C15H14BNO2/c1-17-7-4-13-3-2-12(10-15(13)17)11-16(19)14-5-8-18-9-6-14;1-17-8-7-13-6-5-12(10-14(13)17)11-16(19)15-4-2-3-9-18-15;1-16-14-7-11(4-5-13(14)10-19-16)8-15(18)12-3-2-6-17-9-12/h2-3,5-6,8-10H,4,7,11H2,1H3;2-6,9-10H,7-8,11H2,1H3;2-7,9H,8,10H2,1H3. The number of fused-ring (bicyclic) bond motifs is 3. The number of aryl methyl sites for hydroxylation is 2. The third-order valence-electron chi connectivity index (χ3n) is 11.3. The normalized spacial score (nSPS) is 13.4. The van der Waals surface area contributed by atoms with Crippen molar-refractivity contribution in [3.8, 4) is 0 Å². The van der Waals surface area contributed by atoms with Crippen molar-refractivity contribution in [1.29, 1.82) is 0 Å². The van der Waals surface area contributed by atoms with Crippen LogP contribution in [0.25, 0.3) is 0 Å². The summed E-state index contributed by atoms with van der Waals surface area (Å²) in [5, 5.41) is 0. The van der Waals surface area contributed by atoms with E-state index in [1.807, 2.05) is 25.0 Å². The first-order chi connectivity index (χ1) is 27.7. The zero-order valence-corrected chi connectivity index (χ0v) is 33.0. The van der Waals surface area contributed by atoms with Crippen molar-refractivity contribution in [3.63, 3.8) is 0 Å². The number of hydrogen-bond donors (Lipinski definition) is 0. The molecule has 0 bridgehead atoms. The Hall–Kier alpha value is -5.73. The summed E-state index contributed by atoms with van der Waals surface area (Å²) in [5.41, 5.74) is 13.4. The maximum atomic E-state index is 12.2. The van der Waals surface area contributed by atoms with Gasteiger partial charge in [-0.2, -0.15) is 0 Å². The zero-order chi connectivity index (χ0) is 39.7. The van der Waals surface area contributed by atoms with Gasteiger partial charge >= 0.3 is 6.92 Å². The summed E-state index contributed by atoms with van der Waals surface area (Å²) in [6, 6.07) is 31.7. The second kappa shape index (κ2) is 18.5. The van der Waals surface area contributed by atoms with Crippen LogP contribution in [0.2, 0.25) is 33.1 Å². The van der Waals surface area contributed by atoms with Crippen LogP contribution in [0.1, 0.15) is 64.6 Å². The molecule has 7 nitrogen and oxygen atoms in total. The van der Waals surface area contributed by atoms with Crippen molar-refractivity contribution >= 4 is 54.1 Å². The van der Waals surface area contributed by atoms with E-state index in [1.54, 1.807) is 61.3 Å². The van der Waals surface area contributed by atoms with Gasteiger partial charge in [0.25, 0.3) is 0 Å². The van der Waals surface area contributed by atoms with Crippen LogP contribution >= 0.6 is 0 Å². The maximum Gasteiger partial charge on any atom is 0.324 e. The molecule has 0 atom stereocenters. The lowest BCUT2D eigenvalue weighted by atomic mass is 9.48. The van der Waals surface area contributed by atoms with Gasteiger partial charge in [-0.15, -0.1) is 0 Å². The van der Waals surface area contributed by atoms with Gasteiger partial charge in [0.15, 0.2) is 30.8 Å². The molecular formula is C47H46B3N3O4. The van der Waals surface area contributed by atoms with Crippen molar-refractivity contribution < 1.29 is 19.0 Å². The molecule has 0 fully saturated rings. The van der Waals surface area contributed by atoms with Crippen LogP contribution < -0.4 is 16.4 Å². The van der Waals surface area contributed by atoms with E-state index >= 15 is 0 Å². The van der Waals surface area contributed by atoms with Gasteiger partial charge in [0, 0.05) is 61.4 Å². The summed E-state index contributed by atoms with van der Waals surface area (Å²) in [6.07, 6.45) is 14.4. The van der Waals surface area contributed by atoms with Gasteiger partial charge in [0.2, 0.25) is 0 Å². The van der Waals surface area contributed by atoms with Crippen molar-refractivity contribution in [2.24, 2.45) is 0 Å². The molecule has 282 valence electrons. The third kappa shape index (κ3) is 9.99. The zero-order valence-electron chi connectivity index (χ0n) is 33.0. The molecule has 0 radical (unpaired) electrons. The lowest BCUT2D eigenvalue weighted by molar-refractivity contribution is 0.0981. The van der Waals surface area contributed by atoms with Crippen LogP contribution in [0, 0.1) is 0 Å². The molecule has 9 rings (SSSR count). The topological polar surface area (TPSA) is 99.1 Å². The van der Waals surface area contributed by atoms with E-state index in [9.17, 15) is 14.4 Å². The van der Waals surface area contributed by atoms with E-state index in [4.69, 9.17) is 4.65 Å². The SMILES string of the molecule is CB1CCc2ccc(CC(=O)c3ccccn3)cc21.CB1CCc2ccc(CC(=O)c3ccncc3)cc21.CB1OCc2ccc(CC(=O)c3cccnc3)cc21. The predicted octanol–water partition coefficient (Wildman–Crippen LogP) is 6.65. The molecule has 0 amide bonds. The van der Waals surface area contributed by atoms with Crippen LogP contribution in [0.4, 0.5) is 0 Å². The average molecular weight is 749 g/mol. The largest absolute Gasteiger partial charge is 0.427 e. The summed E-state index contributed by atoms with van der Waals surface area (Å²) < 4.78 is 5.57. The molecule has 0 N–H and O–H groups in total. The van der Waals surface area contributed by atoms with Crippen molar-refractivity contribution in [2.75, 3.05) is 0 Å². The minimum absolute atomic E-state index is 0.0891. The van der Waals surface area contributed by atoms with Gasteiger partial charge in [-0.25, -0.2) is 0 Å². The summed E-state index contributed by atoms with van der Waals surface area (Å²) in [6.45, 7) is 8.62. The van der Waals surface area contributed by atoms with Gasteiger partial charge in [0.1, 0.15) is 5.69 Å². The minimum Gasteiger partial charge on any atom is -0.427 e. The fraction of sp³-hybridized carbons (Fsp3) is 0.234. The van der Waals surface area contributed by atoms with Crippen LogP contribution in [-0.4, -0.2) is 52.6 Å². The van der Waals surface area contributed by atoms with Crippen LogP contribution in [-0.2, 0) is 43.4 Å². The quantitative estimate of drug-likeness (QED) is 0.121. The number of benzene rings is 3. The lowest BCUT2D eigenvalue weighted by Crippen LogP contribution is -2.24. The number of nitrogens with zero attached hydrogens (tertiary/aromatic N) is 3. The Balaban J connectivity index is 0.000000131. The molecule has 6 heterocycles. The molecular weight excluding hydrogens is 703 g/mol. The third-order valence-corrected chi connectivity index (χ3v) is 11.3. The fourth-order valence-corrected chi connectivity index (χ4v) is 7.95. The van der Waals surface area contributed by atoms with E-state index in [1.165, 1.54) is 58.6 Å². The van der Waals surface area contributed by atoms with E-state index < -0.39 is 0 Å². The Morgan fingerprint density at radius 3 is 1.72 bits per heavy atom. The van der Waals surface area contributed by atoms with Gasteiger partial charge < -0.3 is 4.65 Å². The molecule has 57 heavy (non-hydrogen) atoms. The number of hydrogen-bond acceptors (Lipinski definition) is 7. The second-order valence-electron chi connectivity index (χ2n) is 15.4. The molecule has 0 spiro atoms. The lowest BCUT2D eigenvalue weighted by Gasteiger charge is -2.06. The number of carbonyl (C=O) groups is 3. The Bertz CT molecular complexity index is 2100. The first-order valence-corrected chi connectivity index (χ1v) is 20.0. The number of ketones is 3. The van der Waals surface area contributed by atoms with Crippen LogP contribution in [0.3, 0.4) is 0 Å². The highest BCUT2D eigenvalue weighted by molar-refractivity contribution is 6.74. The number of carbonyl (C=O) groups excluding carboxylic acids is 3. The summed E-state index contributed by atoms with van der Waals surface area (Å²) in [7, 11) is 0. The molecule has 3 aliphatic rings. The smallest absolute Gasteiger partial charge is 0.324 e. The summed E-state index contributed by atoms with van der Waals surface area (Å²) in [4.78, 5) is 48.5. The number of aromatic nitrogens is 3. The first kappa shape index (κ1) is 39.5. The monoisotopic (exact) mass is 749 g/mol. The van der Waals surface area contributed by atoms with E-state index in [-0.39, 0.29) is 24.3 Å². The second-order valence-corrected chi connectivity index (χ2v) is 15.4. The summed E-state index contributed by atoms with van der Waals surface area (Å²) >= 11 is 0. The van der Waals surface area contributed by atoms with Crippen LogP contribution in [0.5, 0.6) is 0 Å². The molecule has 0 unspecified atom stereocenters. The molecule has 3 aromatic heterocycles. The van der Waals surface area contributed by atoms with Gasteiger partial charge in [-0.1, -0.05) is 116 Å². The van der Waals surface area contributed by atoms with Gasteiger partial charge in [-0.05, 0) is 77.0 Å². The highest BCUT2D eigenvalue weighted by atomic mass is 16.4. The molecule has 3 aliphatic heterocycles. The highest BCUT2D eigenvalue weighted by Crippen LogP contribution is 2.19. The number of rotatable bonds is 9. The fourth-order valence-electron chi connectivity index (χ4n) is 7.95. The van der Waals surface area contributed by atoms with E-state index in [2.05, 4.69) is 77.1 Å². The Morgan fingerprint density at radius 1 is 0.561 bits per heavy atom. The number of pyridine rings is 3. The predicted molar refractivity (Wildman–Crippen MR) is 232 cm³/mol. The maximum absolute atomic E-state index is 12.2. The molecule has 0 saturated heterocycles. The first-order valence-electron chi connectivity index (χ1n) is 20.0. The summed E-state index contributed by atoms with van der Waals surface area (Å²) in [5.74, 6) is 0.346. The molecule has 3 aromatic carbocycles. The van der Waals surface area contributed by atoms with Gasteiger partial charge in [0.05, 0.1) is 6.61 Å². The molecule has 10 heteroatoms. The Morgan fingerprint density at radius 2 is 1.14 bits per heavy atom. The molecule has 0 aliphatic carbocycles.